The molecule has 6 heterocycles. The number of hydrogen-bond donors (Lipinski definition) is 0. The SMILES string of the molecule is CC1(C)COB(c2ccc(OC3CCCC3)c(Cl)c2)OC1.CC1(C)COB(c2ccc(OC3CCCC3)cc2)OC1.CC1(C)OB(c2ccc(C(F)F)cc2)OC1(C)C.CC1(C)OB(c2ccc(OC(F)F)c(Cl)c2)OC1(C)C.CC1(C)OB(c2ccc(OCC(F)(F)F)cc2)OC1(C)C.COc1ccc(B2OCC(C)(C)CO2)cc1Cl.O=S(=O)(Cc1ccccc1)c1ccc(Br)cc1Cl.O=S(=O)(c1ccc(Br)cc1Cl)C1CC1. The van der Waals surface area contributed by atoms with Gasteiger partial charge in [-0.05, 0) is 283 Å². The lowest BCUT2D eigenvalue weighted by molar-refractivity contribution is -0.153. The van der Waals surface area contributed by atoms with E-state index in [1.807, 2.05) is 162 Å². The Hall–Kier alpha value is -6.29. The van der Waals surface area contributed by atoms with E-state index in [0.717, 1.165) is 92.2 Å². The maximum Gasteiger partial charge on any atom is 0.494 e. The highest BCUT2D eigenvalue weighted by Gasteiger charge is 2.55. The number of halogens is 14. The van der Waals surface area contributed by atoms with E-state index < -0.39 is 100 Å². The summed E-state index contributed by atoms with van der Waals surface area (Å²) in [5.41, 5.74) is 3.45. The third-order valence-electron chi connectivity index (χ3n) is 26.6. The molecule has 808 valence electrons. The van der Waals surface area contributed by atoms with Crippen LogP contribution in [0, 0.1) is 16.2 Å². The van der Waals surface area contributed by atoms with Gasteiger partial charge < -0.3 is 79.5 Å². The number of hydrogen-bond acceptors (Lipinski definition) is 21. The van der Waals surface area contributed by atoms with E-state index in [-0.39, 0.29) is 85.5 Å². The van der Waals surface area contributed by atoms with Crippen LogP contribution in [0.5, 0.6) is 28.7 Å². The van der Waals surface area contributed by atoms with Gasteiger partial charge in [-0.15, -0.1) is 0 Å². The second-order valence-electron chi connectivity index (χ2n) is 43.0. The van der Waals surface area contributed by atoms with Crippen molar-refractivity contribution in [3.8, 4) is 28.7 Å². The molecule has 43 heteroatoms. The van der Waals surface area contributed by atoms with Gasteiger partial charge in [-0.25, -0.2) is 25.6 Å². The maximum atomic E-state index is 12.5. The summed E-state index contributed by atoms with van der Waals surface area (Å²) < 4.78 is 231. The zero-order valence-corrected chi connectivity index (χ0v) is 95.8. The maximum absolute atomic E-state index is 12.5. The predicted octanol–water partition coefficient (Wildman–Crippen LogP) is 24.5. The standard InChI is InChI=1S/C16H22BClO3.C16H23BO3.C14H18BF3O3.C13H16BClF2O3.C13H17BF2O2.C13H10BrClO2S.C12H16BClO3.C9H8BrClO2S/c1-16(2)10-19-17(20-11-16)12-7-8-15(14(18)9-12)21-13-5-3-4-6-13;1-16(2)11-18-17(19-12-16)13-7-9-15(10-8-13)20-14-5-3-4-6-14;1-12(2)13(3,4)21-15(20-12)10-5-7-11(8-6-10)19-9-14(16,17)18;1-12(2)13(3,4)20-14(19-12)8-5-6-10(9(15)7-8)18-11(16)17;1-12(2)13(3,4)18-14(17-12)10-7-5-9(6-8-10)11(15)16;14-11-6-7-13(12(15)8-11)18(16,17)9-10-4-2-1-3-5-10;1-12(2)7-16-13(17-8-12)9-4-5-11(15-3)10(14)6-9;10-6-1-4-9(8(11)5-6)14(12,13)7-2-3-7/h7-9,13H,3-6,10-11H2,1-2H3;7-10,14H,3-6,11-12H2,1-2H3;5-8H,9H2,1-4H3;5-7,11H,1-4H3;5-8,11H,1-4H3;1-8H,9H2;4-6H,7-8H2,1-3H3;1,4-5,7H,2-3H2. The Labute approximate surface area is 917 Å². The monoisotopic (exact) mass is 2330 g/mol. The smallest absolute Gasteiger partial charge is 0.494 e. The van der Waals surface area contributed by atoms with E-state index in [1.54, 1.807) is 79.9 Å². The topological polar surface area (TPSA) is 225 Å². The van der Waals surface area contributed by atoms with Crippen LogP contribution in [0.1, 0.15) is 206 Å². The molecule has 149 heavy (non-hydrogen) atoms. The highest BCUT2D eigenvalue weighted by molar-refractivity contribution is 9.10. The summed E-state index contributed by atoms with van der Waals surface area (Å²) in [5.74, 6) is 2.43. The number of benzene rings is 9. The molecule has 3 saturated carbocycles. The van der Waals surface area contributed by atoms with Crippen LogP contribution in [-0.2, 0) is 81.3 Å². The first-order valence-corrected chi connectivity index (χ1v) is 55.9. The molecule has 9 aromatic carbocycles. The Morgan fingerprint density at radius 2 is 0.705 bits per heavy atom. The number of ether oxygens (including phenoxy) is 5. The zero-order valence-electron chi connectivity index (χ0n) is 87.2. The van der Waals surface area contributed by atoms with Gasteiger partial charge in [0, 0.05) is 70.4 Å². The summed E-state index contributed by atoms with van der Waals surface area (Å²) in [6.07, 6.45) is 5.16. The molecule has 6 saturated heterocycles. The van der Waals surface area contributed by atoms with E-state index in [1.165, 1.54) is 81.0 Å². The zero-order chi connectivity index (χ0) is 109. The van der Waals surface area contributed by atoms with Gasteiger partial charge in [-0.1, -0.05) is 228 Å². The van der Waals surface area contributed by atoms with Crippen molar-refractivity contribution in [2.24, 2.45) is 16.2 Å². The fourth-order valence-electron chi connectivity index (χ4n) is 15.7. The van der Waals surface area contributed by atoms with Crippen LogP contribution in [0.25, 0.3) is 0 Å². The first-order chi connectivity index (χ1) is 69.5. The normalized spacial score (nSPS) is 19.7. The van der Waals surface area contributed by atoms with Gasteiger partial charge in [0.25, 0.3) is 6.43 Å². The lowest BCUT2D eigenvalue weighted by atomic mass is 9.76. The van der Waals surface area contributed by atoms with Crippen molar-refractivity contribution < 1.29 is 127 Å². The van der Waals surface area contributed by atoms with Crippen molar-refractivity contribution in [3.05, 3.63) is 239 Å². The Morgan fingerprint density at radius 1 is 0.376 bits per heavy atom. The molecule has 9 fully saturated rings. The van der Waals surface area contributed by atoms with Gasteiger partial charge in [-0.3, -0.25) is 0 Å². The lowest BCUT2D eigenvalue weighted by Gasteiger charge is -2.33. The van der Waals surface area contributed by atoms with Crippen molar-refractivity contribution >= 4 is 185 Å². The van der Waals surface area contributed by atoms with Crippen LogP contribution >= 0.6 is 89.9 Å². The number of methoxy groups -OCH3 is 1. The van der Waals surface area contributed by atoms with Crippen molar-refractivity contribution in [2.45, 2.75) is 275 Å². The number of sulfone groups is 2. The second-order valence-corrected chi connectivity index (χ2v) is 51.0. The third kappa shape index (κ3) is 35.9. The van der Waals surface area contributed by atoms with E-state index in [2.05, 4.69) is 82.9 Å². The summed E-state index contributed by atoms with van der Waals surface area (Å²) in [6, 6.07) is 55.0. The van der Waals surface area contributed by atoms with Crippen LogP contribution in [0.4, 0.5) is 30.7 Å². The van der Waals surface area contributed by atoms with Crippen molar-refractivity contribution in [1.29, 1.82) is 0 Å². The molecule has 0 spiro atoms. The molecule has 0 radical (unpaired) electrons. The minimum atomic E-state index is -4.34. The highest BCUT2D eigenvalue weighted by atomic mass is 79.9. The molecule has 18 rings (SSSR count). The van der Waals surface area contributed by atoms with E-state index >= 15 is 0 Å². The fraction of sp³-hybridized carbons (Fsp3) is 0.491. The molecule has 0 amide bonds. The second kappa shape index (κ2) is 52.3. The average molecular weight is 2340 g/mol. The van der Waals surface area contributed by atoms with E-state index in [0.29, 0.717) is 64.9 Å². The predicted molar refractivity (Wildman–Crippen MR) is 585 cm³/mol. The van der Waals surface area contributed by atoms with Crippen LogP contribution in [0.15, 0.2) is 213 Å². The number of rotatable bonds is 21. The van der Waals surface area contributed by atoms with Crippen LogP contribution in [-0.4, -0.2) is 177 Å². The van der Waals surface area contributed by atoms with E-state index in [9.17, 15) is 47.6 Å². The summed E-state index contributed by atoms with van der Waals surface area (Å²) in [5, 5.41) is 1.63. The Kier molecular flexibility index (Phi) is 43.1. The highest BCUT2D eigenvalue weighted by Crippen LogP contribution is 2.43. The fourth-order valence-corrected chi connectivity index (χ4v) is 21.5. The van der Waals surface area contributed by atoms with E-state index in [4.69, 9.17) is 128 Å². The molecular weight excluding hydrogens is 2210 g/mol. The molecule has 9 aliphatic rings. The van der Waals surface area contributed by atoms with Gasteiger partial charge in [0.1, 0.15) is 28.7 Å². The average Bonchev–Trinajstić information content (AvgIpc) is 1.63. The molecule has 0 atom stereocenters. The number of alkyl halides is 7. The molecule has 0 unspecified atom stereocenters. The molecule has 0 aromatic heterocycles. The van der Waals surface area contributed by atoms with Crippen LogP contribution in [0.2, 0.25) is 25.1 Å². The molecule has 9 aromatic rings. The Balaban J connectivity index is 0.000000162. The van der Waals surface area contributed by atoms with Crippen molar-refractivity contribution in [2.75, 3.05) is 53.4 Å². The first kappa shape index (κ1) is 123. The lowest BCUT2D eigenvalue weighted by Crippen LogP contribution is -2.47. The largest absolute Gasteiger partial charge is 0.495 e. The molecule has 0 bridgehead atoms. The summed E-state index contributed by atoms with van der Waals surface area (Å²) >= 11 is 36.7. The van der Waals surface area contributed by atoms with Crippen LogP contribution in [0.3, 0.4) is 0 Å². The molecule has 0 N–H and O–H groups in total. The van der Waals surface area contributed by atoms with Crippen molar-refractivity contribution in [1.82, 2.24) is 0 Å². The van der Waals surface area contributed by atoms with Gasteiger partial charge in [0.15, 0.2) is 26.3 Å². The van der Waals surface area contributed by atoms with Gasteiger partial charge in [0.05, 0.1) is 98.8 Å². The minimum Gasteiger partial charge on any atom is -0.495 e. The molecule has 21 nitrogen and oxygen atoms in total. The van der Waals surface area contributed by atoms with Gasteiger partial charge in [-0.2, -0.15) is 22.0 Å². The Morgan fingerprint density at radius 3 is 1.06 bits per heavy atom. The third-order valence-corrected chi connectivity index (χ3v) is 33.4. The van der Waals surface area contributed by atoms with Crippen LogP contribution < -0.4 is 56.5 Å². The summed E-state index contributed by atoms with van der Waals surface area (Å²) in [4.78, 5) is 0.418. The first-order valence-electron chi connectivity index (χ1n) is 49.2. The Bertz CT molecular complexity index is 6030. The van der Waals surface area contributed by atoms with Crippen molar-refractivity contribution in [3.63, 3.8) is 0 Å². The molecule has 6 aliphatic heterocycles. The molecule has 3 aliphatic carbocycles. The summed E-state index contributed by atoms with van der Waals surface area (Å²) in [7, 11) is -7.49. The van der Waals surface area contributed by atoms with Gasteiger partial charge >= 0.3 is 55.5 Å². The minimum absolute atomic E-state index is 0.00951. The quantitative estimate of drug-likeness (QED) is 0.0481. The molecular formula is C106H130B6Br2Cl5F7O21S2. The summed E-state index contributed by atoms with van der Waals surface area (Å²) in [6.45, 7) is 36.1. The van der Waals surface area contributed by atoms with Gasteiger partial charge in [0.2, 0.25) is 0 Å².